The average molecular weight is 303 g/mol. The third-order valence-corrected chi connectivity index (χ3v) is 5.95. The number of rotatable bonds is 7. The van der Waals surface area contributed by atoms with Crippen molar-refractivity contribution in [2.75, 3.05) is 44.9 Å². The Hall–Kier alpha value is 0.190. The van der Waals surface area contributed by atoms with Crippen LogP contribution in [-0.4, -0.2) is 61.2 Å². The second-order valence-electron chi connectivity index (χ2n) is 6.37. The van der Waals surface area contributed by atoms with E-state index in [-0.39, 0.29) is 5.60 Å². The molecule has 0 saturated carbocycles. The summed E-state index contributed by atoms with van der Waals surface area (Å²) in [6, 6.07) is 0. The molecule has 2 rings (SSSR count). The SMILES string of the molecule is COCCNCCC(C)(O)C1CCOC2(CCSC2)C1. The summed E-state index contributed by atoms with van der Waals surface area (Å²) >= 11 is 1.99. The number of ether oxygens (including phenoxy) is 2. The van der Waals surface area contributed by atoms with Crippen molar-refractivity contribution in [2.24, 2.45) is 5.92 Å². The Morgan fingerprint density at radius 3 is 3.05 bits per heavy atom. The van der Waals surface area contributed by atoms with E-state index < -0.39 is 5.60 Å². The number of nitrogens with one attached hydrogen (secondary N) is 1. The Kier molecular flexibility index (Phi) is 6.17. The van der Waals surface area contributed by atoms with Crippen LogP contribution in [0.4, 0.5) is 0 Å². The van der Waals surface area contributed by atoms with Crippen molar-refractivity contribution >= 4 is 11.8 Å². The van der Waals surface area contributed by atoms with E-state index in [1.807, 2.05) is 18.7 Å². The van der Waals surface area contributed by atoms with Crippen molar-refractivity contribution in [3.05, 3.63) is 0 Å². The molecule has 3 unspecified atom stereocenters. The predicted octanol–water partition coefficient (Wildman–Crippen LogP) is 1.67. The van der Waals surface area contributed by atoms with Crippen LogP contribution < -0.4 is 5.32 Å². The van der Waals surface area contributed by atoms with Crippen molar-refractivity contribution in [3.8, 4) is 0 Å². The first kappa shape index (κ1) is 16.6. The fourth-order valence-electron chi connectivity index (χ4n) is 3.27. The average Bonchev–Trinajstić information content (AvgIpc) is 2.86. The molecule has 3 atom stereocenters. The van der Waals surface area contributed by atoms with Gasteiger partial charge in [0.2, 0.25) is 0 Å². The summed E-state index contributed by atoms with van der Waals surface area (Å²) in [5.41, 5.74) is -0.537. The van der Waals surface area contributed by atoms with Crippen LogP contribution in [0.1, 0.15) is 32.6 Å². The van der Waals surface area contributed by atoms with Crippen LogP contribution in [0.25, 0.3) is 0 Å². The third kappa shape index (κ3) is 4.34. The Morgan fingerprint density at radius 1 is 1.50 bits per heavy atom. The molecular formula is C15H29NO3S. The molecule has 2 saturated heterocycles. The predicted molar refractivity (Wildman–Crippen MR) is 83.3 cm³/mol. The van der Waals surface area contributed by atoms with Gasteiger partial charge < -0.3 is 19.9 Å². The molecule has 2 aliphatic rings. The van der Waals surface area contributed by atoms with Gasteiger partial charge in [0.1, 0.15) is 0 Å². The molecule has 20 heavy (non-hydrogen) atoms. The van der Waals surface area contributed by atoms with Crippen molar-refractivity contribution in [2.45, 2.75) is 43.8 Å². The molecule has 118 valence electrons. The summed E-state index contributed by atoms with van der Waals surface area (Å²) in [5, 5.41) is 14.1. The molecule has 0 aromatic rings. The zero-order chi connectivity index (χ0) is 14.5. The molecule has 0 aliphatic carbocycles. The monoisotopic (exact) mass is 303 g/mol. The summed E-state index contributed by atoms with van der Waals surface area (Å²) in [7, 11) is 1.71. The van der Waals surface area contributed by atoms with Gasteiger partial charge in [-0.15, -0.1) is 0 Å². The first-order valence-electron chi connectivity index (χ1n) is 7.72. The van der Waals surface area contributed by atoms with Crippen LogP contribution in [0.2, 0.25) is 0 Å². The fraction of sp³-hybridized carbons (Fsp3) is 1.00. The summed E-state index contributed by atoms with van der Waals surface area (Å²) in [6.07, 6.45) is 3.95. The molecule has 0 aromatic carbocycles. The minimum Gasteiger partial charge on any atom is -0.390 e. The van der Waals surface area contributed by atoms with Gasteiger partial charge >= 0.3 is 0 Å². The second kappa shape index (κ2) is 7.45. The van der Waals surface area contributed by atoms with Gasteiger partial charge in [-0.2, -0.15) is 11.8 Å². The molecule has 2 N–H and O–H groups in total. The highest BCUT2D eigenvalue weighted by Crippen LogP contribution is 2.44. The van der Waals surface area contributed by atoms with Crippen LogP contribution in [-0.2, 0) is 9.47 Å². The van der Waals surface area contributed by atoms with Crippen LogP contribution >= 0.6 is 11.8 Å². The molecule has 2 aliphatic heterocycles. The highest BCUT2D eigenvalue weighted by Gasteiger charge is 2.45. The minimum atomic E-state index is -0.593. The Bertz CT molecular complexity index is 293. The van der Waals surface area contributed by atoms with Crippen molar-refractivity contribution in [1.29, 1.82) is 0 Å². The topological polar surface area (TPSA) is 50.7 Å². The maximum Gasteiger partial charge on any atom is 0.0784 e. The molecular weight excluding hydrogens is 274 g/mol. The van der Waals surface area contributed by atoms with Crippen LogP contribution in [0, 0.1) is 5.92 Å². The lowest BCUT2D eigenvalue weighted by atomic mass is 9.75. The summed E-state index contributed by atoms with van der Waals surface area (Å²) in [5.74, 6) is 2.67. The van der Waals surface area contributed by atoms with Gasteiger partial charge in [-0.1, -0.05) is 0 Å². The maximum absolute atomic E-state index is 10.8. The van der Waals surface area contributed by atoms with E-state index in [9.17, 15) is 5.11 Å². The maximum atomic E-state index is 10.8. The van der Waals surface area contributed by atoms with Crippen LogP contribution in [0.5, 0.6) is 0 Å². The smallest absolute Gasteiger partial charge is 0.0784 e. The Labute approximate surface area is 127 Å². The van der Waals surface area contributed by atoms with E-state index in [4.69, 9.17) is 9.47 Å². The number of methoxy groups -OCH3 is 1. The molecule has 2 heterocycles. The number of hydrogen-bond acceptors (Lipinski definition) is 5. The van der Waals surface area contributed by atoms with Gasteiger partial charge in [0.25, 0.3) is 0 Å². The third-order valence-electron chi connectivity index (χ3n) is 4.73. The van der Waals surface area contributed by atoms with Crippen LogP contribution in [0.3, 0.4) is 0 Å². The number of thioether (sulfide) groups is 1. The van der Waals surface area contributed by atoms with E-state index in [1.54, 1.807) is 7.11 Å². The Morgan fingerprint density at radius 2 is 2.35 bits per heavy atom. The fourth-order valence-corrected chi connectivity index (χ4v) is 4.64. The molecule has 0 radical (unpaired) electrons. The van der Waals surface area contributed by atoms with Gasteiger partial charge in [-0.25, -0.2) is 0 Å². The highest BCUT2D eigenvalue weighted by molar-refractivity contribution is 7.99. The largest absolute Gasteiger partial charge is 0.390 e. The summed E-state index contributed by atoms with van der Waals surface area (Å²) in [4.78, 5) is 0. The van der Waals surface area contributed by atoms with E-state index >= 15 is 0 Å². The summed E-state index contributed by atoms with van der Waals surface area (Å²) < 4.78 is 11.1. The van der Waals surface area contributed by atoms with Crippen molar-refractivity contribution in [3.63, 3.8) is 0 Å². The van der Waals surface area contributed by atoms with E-state index in [2.05, 4.69) is 5.32 Å². The quantitative estimate of drug-likeness (QED) is 0.701. The minimum absolute atomic E-state index is 0.0566. The normalized spacial score (nSPS) is 33.5. The molecule has 1 spiro atoms. The number of aliphatic hydroxyl groups is 1. The van der Waals surface area contributed by atoms with Crippen LogP contribution in [0.15, 0.2) is 0 Å². The lowest BCUT2D eigenvalue weighted by Gasteiger charge is -2.43. The first-order chi connectivity index (χ1) is 9.58. The van der Waals surface area contributed by atoms with Gasteiger partial charge in [0.15, 0.2) is 0 Å². The molecule has 0 bridgehead atoms. The first-order valence-corrected chi connectivity index (χ1v) is 8.87. The molecule has 0 aromatic heterocycles. The zero-order valence-electron chi connectivity index (χ0n) is 12.8. The van der Waals surface area contributed by atoms with Crippen molar-refractivity contribution < 1.29 is 14.6 Å². The van der Waals surface area contributed by atoms with E-state index in [0.29, 0.717) is 5.92 Å². The molecule has 0 amide bonds. The standard InChI is InChI=1S/C15H29NO3S/c1-14(17,4-6-16-7-9-18-2)13-3-8-19-15(11-13)5-10-20-12-15/h13,16-17H,3-12H2,1-2H3. The lowest BCUT2D eigenvalue weighted by molar-refractivity contribution is -0.128. The van der Waals surface area contributed by atoms with Gasteiger partial charge in [-0.3, -0.25) is 0 Å². The van der Waals surface area contributed by atoms with E-state index in [0.717, 1.165) is 57.7 Å². The van der Waals surface area contributed by atoms with Crippen molar-refractivity contribution in [1.82, 2.24) is 5.32 Å². The van der Waals surface area contributed by atoms with Gasteiger partial charge in [-0.05, 0) is 50.8 Å². The molecule has 4 nitrogen and oxygen atoms in total. The molecule has 5 heteroatoms. The summed E-state index contributed by atoms with van der Waals surface area (Å²) in [6.45, 7) is 5.21. The van der Waals surface area contributed by atoms with Gasteiger partial charge in [0.05, 0.1) is 17.8 Å². The highest BCUT2D eigenvalue weighted by atomic mass is 32.2. The Balaban J connectivity index is 1.78. The van der Waals surface area contributed by atoms with Gasteiger partial charge in [0, 0.05) is 26.0 Å². The molecule has 2 fully saturated rings. The second-order valence-corrected chi connectivity index (χ2v) is 7.48. The number of hydrogen-bond donors (Lipinski definition) is 2. The van der Waals surface area contributed by atoms with E-state index in [1.165, 1.54) is 5.75 Å². The lowest BCUT2D eigenvalue weighted by Crippen LogP contribution is -2.48. The zero-order valence-corrected chi connectivity index (χ0v) is 13.6.